The third-order valence-electron chi connectivity index (χ3n) is 2.82. The van der Waals surface area contributed by atoms with E-state index in [1.807, 2.05) is 0 Å². The SMILES string of the molecule is CCCN(C)CC(C)C(C)CC. The van der Waals surface area contributed by atoms with Gasteiger partial charge in [-0.1, -0.05) is 34.1 Å². The third-order valence-corrected chi connectivity index (χ3v) is 2.82. The molecule has 2 unspecified atom stereocenters. The van der Waals surface area contributed by atoms with Gasteiger partial charge >= 0.3 is 0 Å². The van der Waals surface area contributed by atoms with E-state index in [1.54, 1.807) is 0 Å². The van der Waals surface area contributed by atoms with Gasteiger partial charge in [0.2, 0.25) is 0 Å². The lowest BCUT2D eigenvalue weighted by Gasteiger charge is -2.24. The predicted molar refractivity (Wildman–Crippen MR) is 56.4 cm³/mol. The molecule has 0 heterocycles. The van der Waals surface area contributed by atoms with Crippen molar-refractivity contribution in [2.75, 3.05) is 20.1 Å². The fourth-order valence-corrected chi connectivity index (χ4v) is 1.55. The molecule has 0 bridgehead atoms. The number of hydrogen-bond donors (Lipinski definition) is 0. The lowest BCUT2D eigenvalue weighted by molar-refractivity contribution is 0.238. The van der Waals surface area contributed by atoms with E-state index in [4.69, 9.17) is 0 Å². The van der Waals surface area contributed by atoms with Crippen LogP contribution in [0, 0.1) is 11.8 Å². The molecule has 0 aliphatic heterocycles. The molecule has 0 fully saturated rings. The van der Waals surface area contributed by atoms with Crippen LogP contribution in [0.1, 0.15) is 40.5 Å². The molecule has 0 N–H and O–H groups in total. The molecular formula is C11H25N. The molecule has 0 aliphatic carbocycles. The van der Waals surface area contributed by atoms with Gasteiger partial charge in [0, 0.05) is 6.54 Å². The first kappa shape index (κ1) is 12.0. The first-order chi connectivity index (χ1) is 5.61. The minimum atomic E-state index is 0.839. The maximum atomic E-state index is 2.44. The van der Waals surface area contributed by atoms with Gasteiger partial charge in [0.1, 0.15) is 0 Å². The highest BCUT2D eigenvalue weighted by Gasteiger charge is 2.11. The molecule has 0 radical (unpaired) electrons. The van der Waals surface area contributed by atoms with E-state index in [9.17, 15) is 0 Å². The Labute approximate surface area is 78.1 Å². The van der Waals surface area contributed by atoms with Crippen LogP contribution in [0.2, 0.25) is 0 Å². The van der Waals surface area contributed by atoms with E-state index < -0.39 is 0 Å². The van der Waals surface area contributed by atoms with Crippen LogP contribution >= 0.6 is 0 Å². The Balaban J connectivity index is 3.59. The van der Waals surface area contributed by atoms with Crippen LogP contribution in [0.4, 0.5) is 0 Å². The molecule has 74 valence electrons. The summed E-state index contributed by atoms with van der Waals surface area (Å²) in [5.41, 5.74) is 0. The standard InChI is InChI=1S/C11H25N/c1-6-8-12(5)9-11(4)10(3)7-2/h10-11H,6-9H2,1-5H3. The second-order valence-corrected chi connectivity index (χ2v) is 4.13. The van der Waals surface area contributed by atoms with Crippen LogP contribution in [0.15, 0.2) is 0 Å². The molecule has 1 heteroatoms. The second kappa shape index (κ2) is 6.47. The monoisotopic (exact) mass is 171 g/mol. The minimum absolute atomic E-state index is 0.839. The molecule has 12 heavy (non-hydrogen) atoms. The van der Waals surface area contributed by atoms with Crippen LogP contribution in [0.25, 0.3) is 0 Å². The molecule has 0 aromatic carbocycles. The number of hydrogen-bond acceptors (Lipinski definition) is 1. The van der Waals surface area contributed by atoms with Crippen molar-refractivity contribution in [2.24, 2.45) is 11.8 Å². The summed E-state index contributed by atoms with van der Waals surface area (Å²) in [4.78, 5) is 2.44. The largest absolute Gasteiger partial charge is 0.306 e. The van der Waals surface area contributed by atoms with Crippen LogP contribution in [0.5, 0.6) is 0 Å². The summed E-state index contributed by atoms with van der Waals surface area (Å²) in [6, 6.07) is 0. The van der Waals surface area contributed by atoms with Gasteiger partial charge in [0.15, 0.2) is 0 Å². The predicted octanol–water partition coefficient (Wildman–Crippen LogP) is 3.01. The number of nitrogens with zero attached hydrogens (tertiary/aromatic N) is 1. The van der Waals surface area contributed by atoms with E-state index in [2.05, 4.69) is 39.6 Å². The zero-order valence-electron chi connectivity index (χ0n) is 9.43. The van der Waals surface area contributed by atoms with Gasteiger partial charge < -0.3 is 4.90 Å². The Hall–Kier alpha value is -0.0400. The average molecular weight is 171 g/mol. The van der Waals surface area contributed by atoms with Crippen molar-refractivity contribution in [3.05, 3.63) is 0 Å². The van der Waals surface area contributed by atoms with Crippen molar-refractivity contribution in [2.45, 2.75) is 40.5 Å². The minimum Gasteiger partial charge on any atom is -0.306 e. The molecule has 0 saturated carbocycles. The smallest absolute Gasteiger partial charge is 0.000651 e. The van der Waals surface area contributed by atoms with Gasteiger partial charge in [0.05, 0.1) is 0 Å². The second-order valence-electron chi connectivity index (χ2n) is 4.13. The molecule has 0 rings (SSSR count). The van der Waals surface area contributed by atoms with Gasteiger partial charge in [-0.2, -0.15) is 0 Å². The molecule has 0 aromatic heterocycles. The fraction of sp³-hybridized carbons (Fsp3) is 1.00. The summed E-state index contributed by atoms with van der Waals surface area (Å²) in [6.45, 7) is 11.7. The Morgan fingerprint density at radius 3 is 2.08 bits per heavy atom. The van der Waals surface area contributed by atoms with Crippen LogP contribution in [0.3, 0.4) is 0 Å². The third kappa shape index (κ3) is 4.76. The van der Waals surface area contributed by atoms with Gasteiger partial charge in [-0.3, -0.25) is 0 Å². The molecule has 0 amide bonds. The van der Waals surface area contributed by atoms with Crippen molar-refractivity contribution >= 4 is 0 Å². The van der Waals surface area contributed by atoms with Crippen molar-refractivity contribution < 1.29 is 0 Å². The summed E-state index contributed by atoms with van der Waals surface area (Å²) < 4.78 is 0. The maximum absolute atomic E-state index is 2.44. The topological polar surface area (TPSA) is 3.24 Å². The lowest BCUT2D eigenvalue weighted by Crippen LogP contribution is -2.28. The average Bonchev–Trinajstić information content (AvgIpc) is 2.03. The van der Waals surface area contributed by atoms with Gasteiger partial charge in [0.25, 0.3) is 0 Å². The maximum Gasteiger partial charge on any atom is 0.000651 e. The fourth-order valence-electron chi connectivity index (χ4n) is 1.55. The highest BCUT2D eigenvalue weighted by Crippen LogP contribution is 2.15. The van der Waals surface area contributed by atoms with Crippen molar-refractivity contribution in [3.63, 3.8) is 0 Å². The highest BCUT2D eigenvalue weighted by atomic mass is 15.1. The molecule has 0 aromatic rings. The van der Waals surface area contributed by atoms with Gasteiger partial charge in [-0.15, -0.1) is 0 Å². The van der Waals surface area contributed by atoms with Crippen LogP contribution in [-0.4, -0.2) is 25.0 Å². The Morgan fingerprint density at radius 1 is 1.08 bits per heavy atom. The zero-order valence-corrected chi connectivity index (χ0v) is 9.43. The summed E-state index contributed by atoms with van der Waals surface area (Å²) in [5, 5.41) is 0. The number of rotatable bonds is 6. The first-order valence-corrected chi connectivity index (χ1v) is 5.30. The summed E-state index contributed by atoms with van der Waals surface area (Å²) in [7, 11) is 2.22. The van der Waals surface area contributed by atoms with Gasteiger partial charge in [-0.25, -0.2) is 0 Å². The molecule has 2 atom stereocenters. The Morgan fingerprint density at radius 2 is 1.67 bits per heavy atom. The first-order valence-electron chi connectivity index (χ1n) is 5.30. The highest BCUT2D eigenvalue weighted by molar-refractivity contribution is 4.64. The van der Waals surface area contributed by atoms with Crippen LogP contribution in [-0.2, 0) is 0 Å². The van der Waals surface area contributed by atoms with E-state index >= 15 is 0 Å². The Kier molecular flexibility index (Phi) is 6.45. The molecule has 0 aliphatic rings. The molecule has 1 nitrogen and oxygen atoms in total. The van der Waals surface area contributed by atoms with Crippen molar-refractivity contribution in [1.82, 2.24) is 4.90 Å². The van der Waals surface area contributed by atoms with E-state index in [0.717, 1.165) is 11.8 Å². The van der Waals surface area contributed by atoms with Crippen LogP contribution < -0.4 is 0 Å². The van der Waals surface area contributed by atoms with E-state index in [1.165, 1.54) is 25.9 Å². The molecule has 0 saturated heterocycles. The normalized spacial score (nSPS) is 16.5. The quantitative estimate of drug-likeness (QED) is 0.594. The van der Waals surface area contributed by atoms with Gasteiger partial charge in [-0.05, 0) is 31.8 Å². The summed E-state index contributed by atoms with van der Waals surface area (Å²) in [6.07, 6.45) is 2.57. The van der Waals surface area contributed by atoms with E-state index in [-0.39, 0.29) is 0 Å². The molecule has 0 spiro atoms. The van der Waals surface area contributed by atoms with E-state index in [0.29, 0.717) is 0 Å². The van der Waals surface area contributed by atoms with Crippen molar-refractivity contribution in [1.29, 1.82) is 0 Å². The summed E-state index contributed by atoms with van der Waals surface area (Å²) in [5.74, 6) is 1.70. The summed E-state index contributed by atoms with van der Waals surface area (Å²) >= 11 is 0. The van der Waals surface area contributed by atoms with Crippen molar-refractivity contribution in [3.8, 4) is 0 Å². The lowest BCUT2D eigenvalue weighted by atomic mass is 9.93. The zero-order chi connectivity index (χ0) is 9.56. The Bertz CT molecular complexity index is 101. The molecular weight excluding hydrogens is 146 g/mol.